The molecular weight excluding hydrogens is 711 g/mol. The van der Waals surface area contributed by atoms with Crippen molar-refractivity contribution in [3.05, 3.63) is 11.1 Å². The van der Waals surface area contributed by atoms with Crippen molar-refractivity contribution in [2.75, 3.05) is 26.3 Å². The maximum absolute atomic E-state index is 14.9. The largest absolute Gasteiger partial charge is 0.481 e. The fraction of sp³-hybridized carbons (Fsp3) is 0.867. The SMILES string of the molecule is CC(C)C1=C2[C@H]3CC[C@@H]4C5(C)CCC(OC(=O)[C@H]6CC(C(=O)O)C6(C)C)[C@@]6(C)N[C@@]56CC[C@@]4(C)[C@]3(C)CCC2(C(=O)NC(C)(C)C(=O)N2CCOCC2)CC1O. The van der Waals surface area contributed by atoms with Crippen LogP contribution in [-0.2, 0) is 28.7 Å². The zero-order valence-corrected chi connectivity index (χ0v) is 35.7. The predicted molar refractivity (Wildman–Crippen MR) is 210 cm³/mol. The number of esters is 1. The van der Waals surface area contributed by atoms with Crippen molar-refractivity contribution in [1.29, 1.82) is 0 Å². The van der Waals surface area contributed by atoms with E-state index in [2.05, 4.69) is 52.2 Å². The molecular formula is C45H69N3O8. The number of fused-ring (bicyclic) bond motifs is 6. The van der Waals surface area contributed by atoms with Crippen LogP contribution in [0.1, 0.15) is 133 Å². The molecule has 0 aromatic heterocycles. The van der Waals surface area contributed by atoms with Gasteiger partial charge in [0, 0.05) is 18.6 Å². The maximum Gasteiger partial charge on any atom is 0.309 e. The van der Waals surface area contributed by atoms with Gasteiger partial charge in [0.1, 0.15) is 11.6 Å². The molecule has 8 aliphatic rings. The fourth-order valence-electron chi connectivity index (χ4n) is 15.2. The Morgan fingerprint density at radius 1 is 0.893 bits per heavy atom. The van der Waals surface area contributed by atoms with Gasteiger partial charge in [-0.05, 0) is 136 Å². The number of carbonyl (C=O) groups is 4. The van der Waals surface area contributed by atoms with Crippen molar-refractivity contribution in [1.82, 2.24) is 15.5 Å². The molecule has 12 atom stereocenters. The third-order valence-electron chi connectivity index (χ3n) is 18.8. The molecule has 5 saturated carbocycles. The minimum atomic E-state index is -1.09. The summed E-state index contributed by atoms with van der Waals surface area (Å²) in [5, 5.41) is 28.8. The summed E-state index contributed by atoms with van der Waals surface area (Å²) in [4.78, 5) is 55.9. The lowest BCUT2D eigenvalue weighted by molar-refractivity contribution is -0.199. The van der Waals surface area contributed by atoms with Crippen molar-refractivity contribution < 1.29 is 38.9 Å². The third-order valence-corrected chi connectivity index (χ3v) is 18.8. The first-order chi connectivity index (χ1) is 26.0. The van der Waals surface area contributed by atoms with E-state index in [4.69, 9.17) is 9.47 Å². The van der Waals surface area contributed by atoms with E-state index in [9.17, 15) is 29.4 Å². The van der Waals surface area contributed by atoms with Crippen LogP contribution in [-0.4, -0.2) is 94.0 Å². The molecule has 2 aliphatic heterocycles. The Morgan fingerprint density at radius 2 is 1.55 bits per heavy atom. The monoisotopic (exact) mass is 780 g/mol. The molecule has 11 nitrogen and oxygen atoms in total. The summed E-state index contributed by atoms with van der Waals surface area (Å²) in [7, 11) is 0. The Balaban J connectivity index is 1.06. The smallest absolute Gasteiger partial charge is 0.309 e. The summed E-state index contributed by atoms with van der Waals surface area (Å²) in [6.07, 6.45) is 6.95. The van der Waals surface area contributed by atoms with Gasteiger partial charge in [-0.2, -0.15) is 0 Å². The molecule has 2 heterocycles. The van der Waals surface area contributed by atoms with E-state index in [0.717, 1.165) is 50.5 Å². The molecule has 5 unspecified atom stereocenters. The van der Waals surface area contributed by atoms with Gasteiger partial charge in [0.15, 0.2) is 0 Å². The molecule has 0 aromatic carbocycles. The molecule has 2 saturated heterocycles. The number of aliphatic hydroxyl groups is 1. The van der Waals surface area contributed by atoms with Gasteiger partial charge in [0.25, 0.3) is 0 Å². The molecule has 11 heteroatoms. The number of amides is 2. The highest BCUT2D eigenvalue weighted by Gasteiger charge is 2.83. The summed E-state index contributed by atoms with van der Waals surface area (Å²) in [6.45, 7) is 23.5. The lowest BCUT2D eigenvalue weighted by Gasteiger charge is -2.70. The van der Waals surface area contributed by atoms with Gasteiger partial charge in [-0.3, -0.25) is 24.5 Å². The van der Waals surface area contributed by atoms with E-state index in [1.165, 1.54) is 5.57 Å². The lowest BCUT2D eigenvalue weighted by atomic mass is 9.33. The highest BCUT2D eigenvalue weighted by Crippen LogP contribution is 2.79. The second kappa shape index (κ2) is 12.5. The second-order valence-corrected chi connectivity index (χ2v) is 21.9. The topological polar surface area (TPSA) is 164 Å². The van der Waals surface area contributed by atoms with Gasteiger partial charge < -0.3 is 29.9 Å². The van der Waals surface area contributed by atoms with Crippen LogP contribution in [0.3, 0.4) is 0 Å². The summed E-state index contributed by atoms with van der Waals surface area (Å²) in [6, 6.07) is 0. The molecule has 0 bridgehead atoms. The predicted octanol–water partition coefficient (Wildman–Crippen LogP) is 5.63. The standard InChI is InChI=1S/C45H69N3O8/c1-25(2)32-29(49)24-44(36(53)46-39(5,6)37(54)48-19-21-55-22-20-48)17-15-40(7)26(33(32)44)11-12-30-41(40,8)16-18-45-42(30,9)14-13-31(43(45,10)47-45)56-35(52)28-23-27(34(50)51)38(28,3)4/h25-31,47,49H,11-24H2,1-10H3,(H,46,53)(H,50,51)/t26-,27?,28-,29?,30+,31?,40-,41-,42?,43-,44?,45+/m1/s1. The number of carbonyl (C=O) groups excluding carboxylic acids is 3. The number of hydrogen-bond donors (Lipinski definition) is 4. The van der Waals surface area contributed by atoms with Crippen LogP contribution in [0.5, 0.6) is 0 Å². The number of morpholine rings is 1. The average Bonchev–Trinajstić information content (AvgIpc) is 3.64. The van der Waals surface area contributed by atoms with Crippen molar-refractivity contribution >= 4 is 23.8 Å². The van der Waals surface area contributed by atoms with Crippen LogP contribution in [0.15, 0.2) is 11.1 Å². The van der Waals surface area contributed by atoms with Crippen LogP contribution in [0, 0.1) is 56.7 Å². The molecule has 56 heavy (non-hydrogen) atoms. The van der Waals surface area contributed by atoms with E-state index in [-0.39, 0.29) is 63.0 Å². The second-order valence-electron chi connectivity index (χ2n) is 21.9. The zero-order valence-electron chi connectivity index (χ0n) is 35.7. The number of carboxylic acids is 1. The summed E-state index contributed by atoms with van der Waals surface area (Å²) in [5.74, 6) is -1.60. The lowest BCUT2D eigenvalue weighted by Crippen LogP contribution is -2.68. The number of aliphatic hydroxyl groups excluding tert-OH is 1. The van der Waals surface area contributed by atoms with E-state index < -0.39 is 40.3 Å². The Kier molecular flexibility index (Phi) is 9.00. The van der Waals surface area contributed by atoms with E-state index in [0.29, 0.717) is 51.5 Å². The summed E-state index contributed by atoms with van der Waals surface area (Å²) >= 11 is 0. The Hall–Kier alpha value is -2.50. The first-order valence-electron chi connectivity index (χ1n) is 21.8. The number of ether oxygens (including phenoxy) is 2. The molecule has 7 fully saturated rings. The minimum Gasteiger partial charge on any atom is -0.481 e. The Bertz CT molecular complexity index is 1750. The van der Waals surface area contributed by atoms with Gasteiger partial charge in [-0.15, -0.1) is 0 Å². The highest BCUT2D eigenvalue weighted by atomic mass is 16.5. The highest BCUT2D eigenvalue weighted by molar-refractivity contribution is 5.95. The summed E-state index contributed by atoms with van der Waals surface area (Å²) in [5.41, 5.74) is -1.03. The average molecular weight is 780 g/mol. The van der Waals surface area contributed by atoms with Crippen LogP contribution >= 0.6 is 0 Å². The number of rotatable bonds is 7. The van der Waals surface area contributed by atoms with Crippen molar-refractivity contribution in [3.63, 3.8) is 0 Å². The number of nitrogens with zero attached hydrogens (tertiary/aromatic N) is 1. The molecule has 312 valence electrons. The molecule has 1 spiro atoms. The fourth-order valence-corrected chi connectivity index (χ4v) is 15.2. The number of aliphatic carboxylic acids is 1. The number of carboxylic acid groups (broad SMARTS) is 1. The van der Waals surface area contributed by atoms with Gasteiger partial charge in [-0.25, -0.2) is 0 Å². The van der Waals surface area contributed by atoms with Crippen LogP contribution in [0.2, 0.25) is 0 Å². The van der Waals surface area contributed by atoms with E-state index in [1.807, 2.05) is 27.7 Å². The van der Waals surface area contributed by atoms with Crippen molar-refractivity contribution in [2.24, 2.45) is 56.7 Å². The molecule has 6 aliphatic carbocycles. The quantitative estimate of drug-likeness (QED) is 0.146. The first-order valence-corrected chi connectivity index (χ1v) is 21.8. The van der Waals surface area contributed by atoms with Gasteiger partial charge in [0.2, 0.25) is 11.8 Å². The number of nitrogens with one attached hydrogen (secondary N) is 2. The third kappa shape index (κ3) is 5.04. The van der Waals surface area contributed by atoms with E-state index in [1.54, 1.807) is 4.90 Å². The minimum absolute atomic E-state index is 0.0246. The normalized spacial score (nSPS) is 46.3. The van der Waals surface area contributed by atoms with Crippen LogP contribution in [0.4, 0.5) is 0 Å². The van der Waals surface area contributed by atoms with Gasteiger partial charge in [0.05, 0.1) is 42.1 Å². The Morgan fingerprint density at radius 3 is 2.18 bits per heavy atom. The van der Waals surface area contributed by atoms with Crippen molar-refractivity contribution in [3.8, 4) is 0 Å². The summed E-state index contributed by atoms with van der Waals surface area (Å²) < 4.78 is 11.9. The maximum atomic E-state index is 14.9. The van der Waals surface area contributed by atoms with E-state index >= 15 is 0 Å². The van der Waals surface area contributed by atoms with Crippen molar-refractivity contribution in [2.45, 2.75) is 162 Å². The number of hydrogen-bond acceptors (Lipinski definition) is 8. The molecule has 4 N–H and O–H groups in total. The molecule has 2 amide bonds. The van der Waals surface area contributed by atoms with Gasteiger partial charge >= 0.3 is 11.9 Å². The zero-order chi connectivity index (χ0) is 40.8. The molecule has 0 aromatic rings. The molecule has 8 rings (SSSR count). The van der Waals surface area contributed by atoms with Crippen LogP contribution < -0.4 is 10.6 Å². The first kappa shape index (κ1) is 40.3. The van der Waals surface area contributed by atoms with Gasteiger partial charge in [-0.1, -0.05) is 48.5 Å². The Labute approximate surface area is 333 Å². The van der Waals surface area contributed by atoms with Crippen LogP contribution in [0.25, 0.3) is 0 Å². The molecule has 0 radical (unpaired) electrons.